The fraction of sp³-hybridized carbons (Fsp3) is 0.480. The van der Waals surface area contributed by atoms with Crippen molar-refractivity contribution in [3.8, 4) is 0 Å². The van der Waals surface area contributed by atoms with Crippen LogP contribution in [0.5, 0.6) is 0 Å². The second-order valence-electron chi connectivity index (χ2n) is 9.59. The summed E-state index contributed by atoms with van der Waals surface area (Å²) in [5, 5.41) is 5.98. The molecular weight excluding hydrogens is 488 g/mol. The van der Waals surface area contributed by atoms with Gasteiger partial charge in [-0.05, 0) is 56.8 Å². The number of likely N-dealkylation sites (tertiary alicyclic amines) is 1. The molecule has 1 saturated carbocycles. The first-order chi connectivity index (χ1) is 16.7. The van der Waals surface area contributed by atoms with Crippen molar-refractivity contribution in [2.24, 2.45) is 0 Å². The number of nitrogens with zero attached hydrogens (tertiary/aromatic N) is 2. The van der Waals surface area contributed by atoms with Crippen molar-refractivity contribution in [3.05, 3.63) is 56.7 Å². The number of benzene rings is 1. The zero-order valence-electron chi connectivity index (χ0n) is 20.2. The van der Waals surface area contributed by atoms with Crippen LogP contribution in [0.2, 0.25) is 4.34 Å². The minimum absolute atomic E-state index is 0.0575. The summed E-state index contributed by atoms with van der Waals surface area (Å²) in [6.45, 7) is 1.50. The molecule has 1 aromatic heterocycles. The van der Waals surface area contributed by atoms with Gasteiger partial charge in [0.2, 0.25) is 5.91 Å². The van der Waals surface area contributed by atoms with Crippen molar-refractivity contribution in [3.63, 3.8) is 0 Å². The minimum atomic E-state index is -0.442. The number of hydrogen-bond acceptors (Lipinski definition) is 6. The van der Waals surface area contributed by atoms with Gasteiger partial charge in [-0.15, -0.1) is 11.3 Å². The third-order valence-electron chi connectivity index (χ3n) is 6.60. The lowest BCUT2D eigenvalue weighted by molar-refractivity contribution is -0.134. The summed E-state index contributed by atoms with van der Waals surface area (Å²) in [5.41, 5.74) is 1.98. The first kappa shape index (κ1) is 25.6. The van der Waals surface area contributed by atoms with Crippen LogP contribution in [0.1, 0.15) is 38.4 Å². The summed E-state index contributed by atoms with van der Waals surface area (Å²) in [6.07, 6.45) is 2.31. The monoisotopic (exact) mass is 518 g/mol. The van der Waals surface area contributed by atoms with E-state index in [-0.39, 0.29) is 42.8 Å². The molecule has 10 heteroatoms. The molecule has 1 saturated heterocycles. The Morgan fingerprint density at radius 1 is 1.06 bits per heavy atom. The summed E-state index contributed by atoms with van der Waals surface area (Å²) in [7, 11) is 5.61. The van der Waals surface area contributed by atoms with Gasteiger partial charge < -0.3 is 25.2 Å². The maximum atomic E-state index is 13.1. The van der Waals surface area contributed by atoms with Gasteiger partial charge in [0.05, 0.1) is 21.3 Å². The standard InChI is InChI=1S/C25H31ClN4O4S/c1-29(2)15-25(10-11-25)17-6-4-16(5-7-17)23(32)27-18-12-30(22(31)14-34-3)13-19(18)28-24(33)20-8-9-21(26)35-20/h4-9,18-19H,10-15H2,1-3H3,(H,27,32)(H,28,33). The topological polar surface area (TPSA) is 91.0 Å². The lowest BCUT2D eigenvalue weighted by atomic mass is 9.94. The van der Waals surface area contributed by atoms with Gasteiger partial charge in [-0.25, -0.2) is 0 Å². The number of rotatable bonds is 9. The number of likely N-dealkylation sites (N-methyl/N-ethyl adjacent to an activating group) is 1. The van der Waals surface area contributed by atoms with E-state index in [1.165, 1.54) is 24.0 Å². The van der Waals surface area contributed by atoms with E-state index < -0.39 is 12.1 Å². The van der Waals surface area contributed by atoms with Crippen molar-refractivity contribution in [1.82, 2.24) is 20.4 Å². The fourth-order valence-corrected chi connectivity index (χ4v) is 5.66. The van der Waals surface area contributed by atoms with Gasteiger partial charge >= 0.3 is 0 Å². The number of carbonyl (C=O) groups excluding carboxylic acids is 3. The Morgan fingerprint density at radius 3 is 2.20 bits per heavy atom. The number of hydrogen-bond donors (Lipinski definition) is 2. The number of thiophene rings is 1. The van der Waals surface area contributed by atoms with Crippen molar-refractivity contribution in [2.45, 2.75) is 30.3 Å². The molecule has 8 nitrogen and oxygen atoms in total. The fourth-order valence-electron chi connectivity index (χ4n) is 4.71. The second-order valence-corrected chi connectivity index (χ2v) is 11.3. The third-order valence-corrected chi connectivity index (χ3v) is 7.83. The van der Waals surface area contributed by atoms with Gasteiger partial charge in [0, 0.05) is 37.7 Å². The maximum absolute atomic E-state index is 13.1. The van der Waals surface area contributed by atoms with Crippen molar-refractivity contribution < 1.29 is 19.1 Å². The van der Waals surface area contributed by atoms with E-state index in [9.17, 15) is 14.4 Å². The number of halogens is 1. The predicted octanol–water partition coefficient (Wildman–Crippen LogP) is 2.38. The average Bonchev–Trinajstić information content (AvgIpc) is 3.27. The number of nitrogens with one attached hydrogen (secondary N) is 2. The van der Waals surface area contributed by atoms with Crippen LogP contribution in [0.25, 0.3) is 0 Å². The molecular formula is C25H31ClN4O4S. The molecule has 4 rings (SSSR count). The van der Waals surface area contributed by atoms with Gasteiger partial charge in [0.1, 0.15) is 6.61 Å². The number of methoxy groups -OCH3 is 1. The normalized spacial score (nSPS) is 20.7. The van der Waals surface area contributed by atoms with Crippen molar-refractivity contribution in [1.29, 1.82) is 0 Å². The molecule has 188 valence electrons. The SMILES string of the molecule is COCC(=O)N1CC(NC(=O)c2ccc(C3(CN(C)C)CC3)cc2)C(NC(=O)c2ccc(Cl)s2)C1. The summed E-state index contributed by atoms with van der Waals surface area (Å²) in [4.78, 5) is 42.5. The zero-order valence-corrected chi connectivity index (χ0v) is 21.7. The van der Waals surface area contributed by atoms with Gasteiger partial charge in [0.25, 0.3) is 11.8 Å². The van der Waals surface area contributed by atoms with Crippen LogP contribution in [0, 0.1) is 0 Å². The van der Waals surface area contributed by atoms with E-state index in [0.29, 0.717) is 14.8 Å². The van der Waals surface area contributed by atoms with Crippen LogP contribution in [0.4, 0.5) is 0 Å². The average molecular weight is 519 g/mol. The lowest BCUT2D eigenvalue weighted by Gasteiger charge is -2.22. The molecule has 0 spiro atoms. The van der Waals surface area contributed by atoms with E-state index in [1.54, 1.807) is 17.0 Å². The molecule has 3 amide bonds. The van der Waals surface area contributed by atoms with E-state index >= 15 is 0 Å². The summed E-state index contributed by atoms with van der Waals surface area (Å²) < 4.78 is 5.49. The molecule has 2 heterocycles. The zero-order chi connectivity index (χ0) is 25.2. The Bertz CT molecular complexity index is 1080. The second kappa shape index (κ2) is 10.7. The first-order valence-corrected chi connectivity index (χ1v) is 12.8. The molecule has 1 aliphatic carbocycles. The molecule has 2 aromatic rings. The molecule has 0 bridgehead atoms. The number of ether oxygens (including phenoxy) is 1. The highest BCUT2D eigenvalue weighted by Crippen LogP contribution is 2.48. The van der Waals surface area contributed by atoms with Crippen LogP contribution in [0.15, 0.2) is 36.4 Å². The van der Waals surface area contributed by atoms with Crippen molar-refractivity contribution >= 4 is 40.7 Å². The number of amides is 3. The highest BCUT2D eigenvalue weighted by atomic mass is 35.5. The van der Waals surface area contributed by atoms with E-state index in [1.807, 2.05) is 24.3 Å². The molecule has 2 unspecified atom stereocenters. The smallest absolute Gasteiger partial charge is 0.261 e. The predicted molar refractivity (Wildman–Crippen MR) is 136 cm³/mol. The van der Waals surface area contributed by atoms with Crippen LogP contribution in [0.3, 0.4) is 0 Å². The third kappa shape index (κ3) is 6.03. The molecule has 2 atom stereocenters. The van der Waals surface area contributed by atoms with Gasteiger partial charge in [-0.1, -0.05) is 23.7 Å². The highest BCUT2D eigenvalue weighted by molar-refractivity contribution is 7.18. The summed E-state index contributed by atoms with van der Waals surface area (Å²) in [5.74, 6) is -0.715. The molecule has 1 aliphatic heterocycles. The van der Waals surface area contributed by atoms with E-state index in [2.05, 4.69) is 29.6 Å². The maximum Gasteiger partial charge on any atom is 0.261 e. The first-order valence-electron chi connectivity index (χ1n) is 11.6. The molecule has 35 heavy (non-hydrogen) atoms. The largest absolute Gasteiger partial charge is 0.375 e. The molecule has 2 aliphatic rings. The molecule has 0 radical (unpaired) electrons. The van der Waals surface area contributed by atoms with Crippen LogP contribution >= 0.6 is 22.9 Å². The van der Waals surface area contributed by atoms with Gasteiger partial charge in [-0.2, -0.15) is 0 Å². The Hall–Kier alpha value is -2.46. The van der Waals surface area contributed by atoms with Crippen LogP contribution in [-0.2, 0) is 14.9 Å². The minimum Gasteiger partial charge on any atom is -0.375 e. The van der Waals surface area contributed by atoms with Gasteiger partial charge in [-0.3, -0.25) is 14.4 Å². The van der Waals surface area contributed by atoms with Crippen LogP contribution < -0.4 is 10.6 Å². The summed E-state index contributed by atoms with van der Waals surface area (Å²) in [6, 6.07) is 10.2. The van der Waals surface area contributed by atoms with Gasteiger partial charge in [0.15, 0.2) is 0 Å². The highest BCUT2D eigenvalue weighted by Gasteiger charge is 2.44. The number of carbonyl (C=O) groups is 3. The van der Waals surface area contributed by atoms with Crippen LogP contribution in [-0.4, -0.2) is 87.1 Å². The van der Waals surface area contributed by atoms with Crippen molar-refractivity contribution in [2.75, 3.05) is 47.4 Å². The summed E-state index contributed by atoms with van der Waals surface area (Å²) >= 11 is 7.15. The van der Waals surface area contributed by atoms with E-state index in [0.717, 1.165) is 19.4 Å². The Labute approximate surface area is 214 Å². The Kier molecular flexibility index (Phi) is 7.80. The van der Waals surface area contributed by atoms with E-state index in [4.69, 9.17) is 16.3 Å². The quantitative estimate of drug-likeness (QED) is 0.532. The Balaban J connectivity index is 1.44. The lowest BCUT2D eigenvalue weighted by Crippen LogP contribution is -2.50. The molecule has 2 fully saturated rings. The molecule has 1 aromatic carbocycles. The molecule has 2 N–H and O–H groups in total. The Morgan fingerprint density at radius 2 is 1.69 bits per heavy atom.